The topological polar surface area (TPSA) is 86.8 Å². The minimum absolute atomic E-state index is 0.0173. The molecule has 11 heteroatoms. The predicted molar refractivity (Wildman–Crippen MR) is 184 cm³/mol. The van der Waals surface area contributed by atoms with Gasteiger partial charge in [0.15, 0.2) is 0 Å². The van der Waals surface area contributed by atoms with E-state index in [1.165, 1.54) is 29.2 Å². The van der Waals surface area contributed by atoms with Crippen LogP contribution >= 0.6 is 39.1 Å². The molecule has 236 valence electrons. The van der Waals surface area contributed by atoms with Crippen LogP contribution < -0.4 is 9.62 Å². The number of nitrogens with zero attached hydrogens (tertiary/aromatic N) is 2. The van der Waals surface area contributed by atoms with Crippen LogP contribution in [0, 0.1) is 0 Å². The zero-order valence-electron chi connectivity index (χ0n) is 25.1. The van der Waals surface area contributed by atoms with Gasteiger partial charge in [-0.05, 0) is 68.3 Å². The molecular formula is C34H34BrCl2N3O4S. The Labute approximate surface area is 283 Å². The molecule has 4 aromatic carbocycles. The van der Waals surface area contributed by atoms with Gasteiger partial charge in [0.05, 0.1) is 20.6 Å². The van der Waals surface area contributed by atoms with Crippen molar-refractivity contribution in [2.75, 3.05) is 10.8 Å². The van der Waals surface area contributed by atoms with Crippen LogP contribution in [0.3, 0.4) is 0 Å². The molecule has 0 aromatic heterocycles. The number of amides is 2. The van der Waals surface area contributed by atoms with Gasteiger partial charge >= 0.3 is 0 Å². The first-order chi connectivity index (χ1) is 21.3. The van der Waals surface area contributed by atoms with Gasteiger partial charge in [-0.3, -0.25) is 13.9 Å². The quantitative estimate of drug-likeness (QED) is 0.173. The first-order valence-electron chi connectivity index (χ1n) is 14.2. The molecule has 4 rings (SSSR count). The Morgan fingerprint density at radius 2 is 1.44 bits per heavy atom. The van der Waals surface area contributed by atoms with Crippen LogP contribution in [0.25, 0.3) is 0 Å². The molecule has 4 aromatic rings. The van der Waals surface area contributed by atoms with E-state index in [0.29, 0.717) is 0 Å². The Hall–Kier alpha value is -3.37. The largest absolute Gasteiger partial charge is 0.350 e. The van der Waals surface area contributed by atoms with Gasteiger partial charge in [0, 0.05) is 23.0 Å². The smallest absolute Gasteiger partial charge is 0.264 e. The van der Waals surface area contributed by atoms with Gasteiger partial charge in [0.25, 0.3) is 10.0 Å². The summed E-state index contributed by atoms with van der Waals surface area (Å²) < 4.78 is 30.0. The van der Waals surface area contributed by atoms with Gasteiger partial charge in [-0.25, -0.2) is 8.42 Å². The van der Waals surface area contributed by atoms with E-state index >= 15 is 0 Å². The van der Waals surface area contributed by atoms with Crippen molar-refractivity contribution in [2.45, 2.75) is 50.2 Å². The highest BCUT2D eigenvalue weighted by Crippen LogP contribution is 2.35. The van der Waals surface area contributed by atoms with E-state index in [2.05, 4.69) is 21.2 Å². The molecule has 2 amide bonds. The Morgan fingerprint density at radius 3 is 2.07 bits per heavy atom. The van der Waals surface area contributed by atoms with E-state index in [1.807, 2.05) is 75.4 Å². The fourth-order valence-electron chi connectivity index (χ4n) is 4.76. The third kappa shape index (κ3) is 9.10. The molecule has 0 fully saturated rings. The number of sulfonamides is 1. The van der Waals surface area contributed by atoms with Crippen LogP contribution in [-0.4, -0.2) is 43.3 Å². The molecule has 45 heavy (non-hydrogen) atoms. The molecule has 1 N–H and O–H groups in total. The number of benzene rings is 4. The summed E-state index contributed by atoms with van der Waals surface area (Å²) in [7, 11) is -4.30. The van der Waals surface area contributed by atoms with Gasteiger partial charge < -0.3 is 10.2 Å². The summed E-state index contributed by atoms with van der Waals surface area (Å²) in [5.74, 6) is -0.969. The Morgan fingerprint density at radius 1 is 0.844 bits per heavy atom. The molecule has 1 atom stereocenters. The Balaban J connectivity index is 1.84. The molecule has 0 aliphatic carbocycles. The maximum atomic E-state index is 14.5. The number of carbonyl (C=O) groups excluding carboxylic acids is 2. The van der Waals surface area contributed by atoms with Crippen molar-refractivity contribution in [3.05, 3.63) is 129 Å². The molecule has 7 nitrogen and oxygen atoms in total. The summed E-state index contributed by atoms with van der Waals surface area (Å²) in [6.07, 6.45) is 0.200. The molecule has 0 bridgehead atoms. The average molecular weight is 732 g/mol. The van der Waals surface area contributed by atoms with Crippen LogP contribution in [0.2, 0.25) is 10.0 Å². The lowest BCUT2D eigenvalue weighted by Crippen LogP contribution is -2.56. The highest BCUT2D eigenvalue weighted by Gasteiger charge is 2.36. The standard InChI is InChI=1S/C34H34BrCl2N3O4S/c1-34(2,3)38-33(42)30(21-24-12-6-4-7-13-24)39(22-25-14-10-15-26(35)20-25)31(41)23-40(29-19-11-18-28(36)32(29)37)45(43,44)27-16-8-5-9-17-27/h4-20,30H,21-23H2,1-3H3,(H,38,42)/t30-/m0/s1. The summed E-state index contributed by atoms with van der Waals surface area (Å²) in [5.41, 5.74) is 1.04. The van der Waals surface area contributed by atoms with E-state index < -0.39 is 34.1 Å². The van der Waals surface area contributed by atoms with Gasteiger partial charge in [0.1, 0.15) is 12.6 Å². The van der Waals surface area contributed by atoms with Crippen LogP contribution in [-0.2, 0) is 32.6 Å². The molecule has 0 unspecified atom stereocenters. The number of halogens is 3. The maximum Gasteiger partial charge on any atom is 0.264 e. The molecular weight excluding hydrogens is 697 g/mol. The first kappa shape index (κ1) is 34.5. The van der Waals surface area contributed by atoms with Crippen molar-refractivity contribution in [1.29, 1.82) is 0 Å². The van der Waals surface area contributed by atoms with E-state index in [0.717, 1.165) is 19.9 Å². The lowest BCUT2D eigenvalue weighted by Gasteiger charge is -2.35. The zero-order valence-corrected chi connectivity index (χ0v) is 29.0. The molecule has 0 saturated heterocycles. The van der Waals surface area contributed by atoms with Gasteiger partial charge in [0.2, 0.25) is 11.8 Å². The third-order valence-corrected chi connectivity index (χ3v) is 9.90. The van der Waals surface area contributed by atoms with Gasteiger partial charge in [-0.15, -0.1) is 0 Å². The van der Waals surface area contributed by atoms with E-state index in [4.69, 9.17) is 23.2 Å². The van der Waals surface area contributed by atoms with Crippen molar-refractivity contribution in [3.8, 4) is 0 Å². The third-order valence-electron chi connectivity index (χ3n) is 6.82. The van der Waals surface area contributed by atoms with E-state index in [9.17, 15) is 18.0 Å². The highest BCUT2D eigenvalue weighted by atomic mass is 79.9. The van der Waals surface area contributed by atoms with Gasteiger partial charge in [-0.2, -0.15) is 0 Å². The second kappa shape index (κ2) is 14.8. The van der Waals surface area contributed by atoms with Crippen molar-refractivity contribution >= 4 is 66.7 Å². The van der Waals surface area contributed by atoms with E-state index in [-0.39, 0.29) is 39.5 Å². The van der Waals surface area contributed by atoms with Crippen LogP contribution in [0.15, 0.2) is 112 Å². The van der Waals surface area contributed by atoms with E-state index in [1.54, 1.807) is 24.3 Å². The van der Waals surface area contributed by atoms with Crippen molar-refractivity contribution in [2.24, 2.45) is 0 Å². The average Bonchev–Trinajstić information content (AvgIpc) is 2.99. The lowest BCUT2D eigenvalue weighted by atomic mass is 10.0. The summed E-state index contributed by atoms with van der Waals surface area (Å²) in [6.45, 7) is 4.98. The van der Waals surface area contributed by atoms with Crippen molar-refractivity contribution in [1.82, 2.24) is 10.2 Å². The molecule has 0 spiro atoms. The number of hydrogen-bond acceptors (Lipinski definition) is 4. The number of rotatable bonds is 11. The molecule has 0 aliphatic rings. The van der Waals surface area contributed by atoms with Gasteiger partial charge in [-0.1, -0.05) is 106 Å². The predicted octanol–water partition coefficient (Wildman–Crippen LogP) is 7.51. The fraction of sp³-hybridized carbons (Fsp3) is 0.235. The van der Waals surface area contributed by atoms with Crippen LogP contribution in [0.4, 0.5) is 5.69 Å². The number of nitrogens with one attached hydrogen (secondary N) is 1. The summed E-state index contributed by atoms with van der Waals surface area (Å²) in [4.78, 5) is 29.9. The normalized spacial score (nSPS) is 12.3. The van der Waals surface area contributed by atoms with Crippen molar-refractivity contribution in [3.63, 3.8) is 0 Å². The van der Waals surface area contributed by atoms with Crippen LogP contribution in [0.1, 0.15) is 31.9 Å². The Kier molecular flexibility index (Phi) is 11.4. The zero-order chi connectivity index (χ0) is 32.8. The molecule has 0 heterocycles. The fourth-order valence-corrected chi connectivity index (χ4v) is 7.10. The van der Waals surface area contributed by atoms with Crippen LogP contribution in [0.5, 0.6) is 0 Å². The molecule has 0 aliphatic heterocycles. The second-order valence-corrected chi connectivity index (χ2v) is 15.1. The first-order valence-corrected chi connectivity index (χ1v) is 17.2. The summed E-state index contributed by atoms with van der Waals surface area (Å²) in [5, 5.41) is 3.13. The minimum atomic E-state index is -4.30. The second-order valence-electron chi connectivity index (χ2n) is 11.5. The van der Waals surface area contributed by atoms with Crippen molar-refractivity contribution < 1.29 is 18.0 Å². The summed E-state index contributed by atoms with van der Waals surface area (Å²) >= 11 is 16.4. The molecule has 0 radical (unpaired) electrons. The monoisotopic (exact) mass is 729 g/mol. The number of carbonyl (C=O) groups is 2. The SMILES string of the molecule is CC(C)(C)NC(=O)[C@H](Cc1ccccc1)N(Cc1cccc(Br)c1)C(=O)CN(c1cccc(Cl)c1Cl)S(=O)(=O)c1ccccc1. The highest BCUT2D eigenvalue weighted by molar-refractivity contribution is 9.10. The molecule has 0 saturated carbocycles. The maximum absolute atomic E-state index is 14.5. The lowest BCUT2D eigenvalue weighted by molar-refractivity contribution is -0.140. The summed E-state index contributed by atoms with van der Waals surface area (Å²) in [6, 6.07) is 28.2. The number of hydrogen-bond donors (Lipinski definition) is 1. The minimum Gasteiger partial charge on any atom is -0.350 e. The number of anilines is 1. The Bertz CT molecular complexity index is 1750.